The summed E-state index contributed by atoms with van der Waals surface area (Å²) in [4.78, 5) is 7.49. The largest absolute Gasteiger partial charge is 0.357 e. The van der Waals surface area contributed by atoms with Gasteiger partial charge in [0, 0.05) is 32.2 Å². The molecule has 1 heterocycles. The minimum absolute atomic E-state index is 0. The molecule has 1 aliphatic carbocycles. The van der Waals surface area contributed by atoms with Crippen molar-refractivity contribution in [3.8, 4) is 0 Å². The third kappa shape index (κ3) is 7.13. The zero-order chi connectivity index (χ0) is 16.6. The lowest BCUT2D eigenvalue weighted by atomic mass is 10.1. The standard InChI is InChI=1S/C20H32N4.HI/c1-2-21-20(22-13-6-9-17-7-4-3-5-8-17)23-15-18-12-14-24(16-18)19-10-11-19;/h3-5,7-8,18-19H,2,6,9-16H2,1H3,(H2,21,22,23);1H. The molecule has 4 nitrogen and oxygen atoms in total. The number of aliphatic imine (C=N–C) groups is 1. The molecule has 2 aliphatic rings. The third-order valence-corrected chi connectivity index (χ3v) is 5.01. The Hall–Kier alpha value is -0.820. The molecular formula is C20H33IN4. The summed E-state index contributed by atoms with van der Waals surface area (Å²) in [6.07, 6.45) is 6.40. The molecule has 2 N–H and O–H groups in total. The lowest BCUT2D eigenvalue weighted by molar-refractivity contribution is 0.315. The fraction of sp³-hybridized carbons (Fsp3) is 0.650. The van der Waals surface area contributed by atoms with Crippen LogP contribution in [0, 0.1) is 5.92 Å². The van der Waals surface area contributed by atoms with Gasteiger partial charge in [-0.15, -0.1) is 24.0 Å². The molecule has 1 atom stereocenters. The van der Waals surface area contributed by atoms with Crippen LogP contribution in [0.5, 0.6) is 0 Å². The number of nitrogens with zero attached hydrogens (tertiary/aromatic N) is 2. The summed E-state index contributed by atoms with van der Waals surface area (Å²) in [5, 5.41) is 6.86. The molecule has 3 rings (SSSR count). The number of nitrogens with one attached hydrogen (secondary N) is 2. The first kappa shape index (κ1) is 20.5. The first-order valence-corrected chi connectivity index (χ1v) is 9.65. The molecule has 1 saturated carbocycles. The zero-order valence-electron chi connectivity index (χ0n) is 15.4. The van der Waals surface area contributed by atoms with Crippen LogP contribution in [-0.2, 0) is 6.42 Å². The Kier molecular flexibility index (Phi) is 9.03. The second-order valence-corrected chi connectivity index (χ2v) is 7.12. The molecule has 25 heavy (non-hydrogen) atoms. The predicted molar refractivity (Wildman–Crippen MR) is 117 cm³/mol. The van der Waals surface area contributed by atoms with Gasteiger partial charge in [0.25, 0.3) is 0 Å². The molecular weight excluding hydrogens is 423 g/mol. The van der Waals surface area contributed by atoms with E-state index in [1.54, 1.807) is 0 Å². The highest BCUT2D eigenvalue weighted by Crippen LogP contribution is 2.31. The molecule has 1 saturated heterocycles. The van der Waals surface area contributed by atoms with E-state index in [2.05, 4.69) is 52.8 Å². The van der Waals surface area contributed by atoms with Crippen LogP contribution in [-0.4, -0.2) is 49.6 Å². The van der Waals surface area contributed by atoms with Gasteiger partial charge in [0.15, 0.2) is 5.96 Å². The van der Waals surface area contributed by atoms with Crippen molar-refractivity contribution in [3.05, 3.63) is 35.9 Å². The van der Waals surface area contributed by atoms with Crippen LogP contribution in [0.4, 0.5) is 0 Å². The molecule has 1 aromatic carbocycles. The number of likely N-dealkylation sites (tertiary alicyclic amines) is 1. The highest BCUT2D eigenvalue weighted by atomic mass is 127. The van der Waals surface area contributed by atoms with Crippen LogP contribution in [0.2, 0.25) is 0 Å². The molecule has 0 spiro atoms. The summed E-state index contributed by atoms with van der Waals surface area (Å²) in [5.74, 6) is 1.72. The van der Waals surface area contributed by atoms with Crippen molar-refractivity contribution >= 4 is 29.9 Å². The Morgan fingerprint density at radius 3 is 2.68 bits per heavy atom. The lowest BCUT2D eigenvalue weighted by Gasteiger charge is -2.15. The van der Waals surface area contributed by atoms with Gasteiger partial charge in [0.2, 0.25) is 0 Å². The van der Waals surface area contributed by atoms with Gasteiger partial charge in [-0.05, 0) is 57.1 Å². The van der Waals surface area contributed by atoms with Gasteiger partial charge < -0.3 is 15.5 Å². The number of rotatable bonds is 8. The van der Waals surface area contributed by atoms with Crippen molar-refractivity contribution in [1.82, 2.24) is 15.5 Å². The maximum Gasteiger partial charge on any atom is 0.191 e. The molecule has 1 aliphatic heterocycles. The number of halogens is 1. The molecule has 0 amide bonds. The van der Waals surface area contributed by atoms with Crippen LogP contribution < -0.4 is 10.6 Å². The summed E-state index contributed by atoms with van der Waals surface area (Å²) >= 11 is 0. The number of hydrogen-bond acceptors (Lipinski definition) is 2. The first-order valence-electron chi connectivity index (χ1n) is 9.65. The maximum absolute atomic E-state index is 4.82. The monoisotopic (exact) mass is 456 g/mol. The van der Waals surface area contributed by atoms with E-state index in [0.29, 0.717) is 0 Å². The molecule has 5 heteroatoms. The topological polar surface area (TPSA) is 39.7 Å². The van der Waals surface area contributed by atoms with Gasteiger partial charge in [-0.25, -0.2) is 0 Å². The van der Waals surface area contributed by atoms with Crippen LogP contribution in [0.15, 0.2) is 35.3 Å². The fourth-order valence-electron chi connectivity index (χ4n) is 3.49. The van der Waals surface area contributed by atoms with E-state index in [1.807, 2.05) is 0 Å². The smallest absolute Gasteiger partial charge is 0.191 e. The van der Waals surface area contributed by atoms with Gasteiger partial charge in [0.1, 0.15) is 0 Å². The normalized spacial score (nSPS) is 21.0. The summed E-state index contributed by atoms with van der Waals surface area (Å²) in [7, 11) is 0. The van der Waals surface area contributed by atoms with Crippen LogP contribution in [0.3, 0.4) is 0 Å². The van der Waals surface area contributed by atoms with Gasteiger partial charge in [-0.2, -0.15) is 0 Å². The Labute approximate surface area is 169 Å². The lowest BCUT2D eigenvalue weighted by Crippen LogP contribution is -2.38. The molecule has 1 aromatic rings. The quantitative estimate of drug-likeness (QED) is 0.273. The van der Waals surface area contributed by atoms with E-state index in [1.165, 1.54) is 37.9 Å². The Bertz CT molecular complexity index is 516. The summed E-state index contributed by atoms with van der Waals surface area (Å²) < 4.78 is 0. The molecule has 2 fully saturated rings. The number of aryl methyl sites for hydroxylation is 1. The Balaban J connectivity index is 0.00000225. The molecule has 1 unspecified atom stereocenters. The minimum atomic E-state index is 0. The number of benzene rings is 1. The fourth-order valence-corrected chi connectivity index (χ4v) is 3.49. The van der Waals surface area contributed by atoms with Gasteiger partial charge in [-0.3, -0.25) is 4.99 Å². The highest BCUT2D eigenvalue weighted by Gasteiger charge is 2.34. The average Bonchev–Trinajstić information content (AvgIpc) is 3.36. The van der Waals surface area contributed by atoms with E-state index < -0.39 is 0 Å². The minimum Gasteiger partial charge on any atom is -0.357 e. The third-order valence-electron chi connectivity index (χ3n) is 5.01. The summed E-state index contributed by atoms with van der Waals surface area (Å²) in [6.45, 7) is 7.51. The Morgan fingerprint density at radius 1 is 1.16 bits per heavy atom. The van der Waals surface area contributed by atoms with Crippen molar-refractivity contribution in [2.45, 2.75) is 45.1 Å². The second kappa shape index (κ2) is 11.0. The number of guanidine groups is 1. The molecule has 0 aromatic heterocycles. The summed E-state index contributed by atoms with van der Waals surface area (Å²) in [5.41, 5.74) is 1.41. The van der Waals surface area contributed by atoms with E-state index in [-0.39, 0.29) is 24.0 Å². The van der Waals surface area contributed by atoms with E-state index in [4.69, 9.17) is 4.99 Å². The van der Waals surface area contributed by atoms with E-state index >= 15 is 0 Å². The molecule has 140 valence electrons. The van der Waals surface area contributed by atoms with Crippen molar-refractivity contribution in [1.29, 1.82) is 0 Å². The second-order valence-electron chi connectivity index (χ2n) is 7.12. The van der Waals surface area contributed by atoms with Crippen molar-refractivity contribution in [2.24, 2.45) is 10.9 Å². The van der Waals surface area contributed by atoms with Crippen molar-refractivity contribution in [2.75, 3.05) is 32.7 Å². The zero-order valence-corrected chi connectivity index (χ0v) is 17.7. The highest BCUT2D eigenvalue weighted by molar-refractivity contribution is 14.0. The first-order chi connectivity index (χ1) is 11.8. The maximum atomic E-state index is 4.82. The SMILES string of the molecule is CCNC(=NCC1CCN(C2CC2)C1)NCCCc1ccccc1.I. The van der Waals surface area contributed by atoms with E-state index in [0.717, 1.165) is 50.4 Å². The van der Waals surface area contributed by atoms with Crippen LogP contribution >= 0.6 is 24.0 Å². The van der Waals surface area contributed by atoms with Gasteiger partial charge >= 0.3 is 0 Å². The van der Waals surface area contributed by atoms with Crippen molar-refractivity contribution in [3.63, 3.8) is 0 Å². The van der Waals surface area contributed by atoms with E-state index in [9.17, 15) is 0 Å². The molecule has 0 radical (unpaired) electrons. The number of hydrogen-bond donors (Lipinski definition) is 2. The van der Waals surface area contributed by atoms with Gasteiger partial charge in [-0.1, -0.05) is 30.3 Å². The van der Waals surface area contributed by atoms with Crippen LogP contribution in [0.25, 0.3) is 0 Å². The predicted octanol–water partition coefficient (Wildman–Crippen LogP) is 3.28. The van der Waals surface area contributed by atoms with Crippen molar-refractivity contribution < 1.29 is 0 Å². The summed E-state index contributed by atoms with van der Waals surface area (Å²) in [6, 6.07) is 11.6. The Morgan fingerprint density at radius 2 is 1.96 bits per heavy atom. The van der Waals surface area contributed by atoms with Crippen LogP contribution in [0.1, 0.15) is 38.2 Å². The van der Waals surface area contributed by atoms with Gasteiger partial charge in [0.05, 0.1) is 0 Å². The average molecular weight is 456 g/mol. The molecule has 0 bridgehead atoms.